The van der Waals surface area contributed by atoms with Crippen LogP contribution in [-0.2, 0) is 17.6 Å². The van der Waals surface area contributed by atoms with Crippen molar-refractivity contribution in [3.63, 3.8) is 0 Å². The molecular formula is C18H22N4O3. The Hall–Kier alpha value is -2.70. The van der Waals surface area contributed by atoms with E-state index in [0.29, 0.717) is 30.1 Å². The number of aryl methyl sites for hydroxylation is 2. The Morgan fingerprint density at radius 1 is 1.32 bits per heavy atom. The topological polar surface area (TPSA) is 99.2 Å². The molecule has 1 unspecified atom stereocenters. The number of H-pyrrole nitrogens is 1. The lowest BCUT2D eigenvalue weighted by Gasteiger charge is -2.16. The van der Waals surface area contributed by atoms with Gasteiger partial charge in [-0.2, -0.15) is 5.10 Å². The summed E-state index contributed by atoms with van der Waals surface area (Å²) in [6.45, 7) is 3.38. The fourth-order valence-corrected chi connectivity index (χ4v) is 3.22. The van der Waals surface area contributed by atoms with Crippen LogP contribution in [0, 0.1) is 12.8 Å². The number of carbonyl (C=O) groups excluding carboxylic acids is 1. The summed E-state index contributed by atoms with van der Waals surface area (Å²) in [5, 5.41) is 15.8. The molecule has 25 heavy (non-hydrogen) atoms. The average Bonchev–Trinajstić information content (AvgIpc) is 3.22. The van der Waals surface area contributed by atoms with Crippen molar-refractivity contribution in [2.45, 2.75) is 32.6 Å². The molecule has 7 heteroatoms. The SMILES string of the molecule is Cc1nc(CCC(=O)N2CCC(Cc3ccc(C(=O)O)cc3)C2)n[nH]1. The lowest BCUT2D eigenvalue weighted by atomic mass is 9.98. The number of hydrogen-bond donors (Lipinski definition) is 2. The van der Waals surface area contributed by atoms with Gasteiger partial charge in [-0.1, -0.05) is 12.1 Å². The number of amides is 1. The largest absolute Gasteiger partial charge is 0.478 e. The molecule has 0 bridgehead atoms. The minimum Gasteiger partial charge on any atom is -0.478 e. The lowest BCUT2D eigenvalue weighted by molar-refractivity contribution is -0.130. The monoisotopic (exact) mass is 342 g/mol. The van der Waals surface area contributed by atoms with E-state index in [0.717, 1.165) is 37.3 Å². The predicted molar refractivity (Wildman–Crippen MR) is 91.2 cm³/mol. The van der Waals surface area contributed by atoms with Crippen molar-refractivity contribution in [3.05, 3.63) is 47.0 Å². The number of aromatic carboxylic acids is 1. The number of aromatic nitrogens is 3. The molecule has 1 aromatic heterocycles. The minimum absolute atomic E-state index is 0.145. The molecule has 132 valence electrons. The van der Waals surface area contributed by atoms with Gasteiger partial charge in [0.1, 0.15) is 5.82 Å². The third-order valence-electron chi connectivity index (χ3n) is 4.57. The summed E-state index contributed by atoms with van der Waals surface area (Å²) >= 11 is 0. The Kier molecular flexibility index (Phi) is 5.11. The molecule has 2 N–H and O–H groups in total. The van der Waals surface area contributed by atoms with Crippen molar-refractivity contribution in [3.8, 4) is 0 Å². The molecule has 1 saturated heterocycles. The van der Waals surface area contributed by atoms with E-state index in [-0.39, 0.29) is 5.91 Å². The van der Waals surface area contributed by atoms with Crippen LogP contribution in [0.4, 0.5) is 0 Å². The third kappa shape index (κ3) is 4.43. The number of carbonyl (C=O) groups is 2. The zero-order chi connectivity index (χ0) is 17.8. The van der Waals surface area contributed by atoms with Gasteiger partial charge in [0, 0.05) is 25.9 Å². The summed E-state index contributed by atoms with van der Waals surface area (Å²) in [6, 6.07) is 6.99. The molecular weight excluding hydrogens is 320 g/mol. The summed E-state index contributed by atoms with van der Waals surface area (Å²) < 4.78 is 0. The fourth-order valence-electron chi connectivity index (χ4n) is 3.22. The highest BCUT2D eigenvalue weighted by Crippen LogP contribution is 2.22. The molecule has 0 radical (unpaired) electrons. The van der Waals surface area contributed by atoms with Gasteiger partial charge in [-0.3, -0.25) is 9.89 Å². The summed E-state index contributed by atoms with van der Waals surface area (Å²) in [4.78, 5) is 29.4. The van der Waals surface area contributed by atoms with Crippen LogP contribution >= 0.6 is 0 Å². The van der Waals surface area contributed by atoms with Crippen molar-refractivity contribution in [1.29, 1.82) is 0 Å². The average molecular weight is 342 g/mol. The standard InChI is InChI=1S/C18H22N4O3/c1-12-19-16(21-20-12)6-7-17(23)22-9-8-14(11-22)10-13-2-4-15(5-3-13)18(24)25/h2-5,14H,6-11H2,1H3,(H,24,25)(H,19,20,21). The van der Waals surface area contributed by atoms with Crippen LogP contribution in [0.1, 0.15) is 40.4 Å². The van der Waals surface area contributed by atoms with Gasteiger partial charge in [0.05, 0.1) is 5.56 Å². The maximum absolute atomic E-state index is 12.3. The number of carboxylic acids is 1. The number of likely N-dealkylation sites (tertiary alicyclic amines) is 1. The fraction of sp³-hybridized carbons (Fsp3) is 0.444. The maximum Gasteiger partial charge on any atom is 0.335 e. The second-order valence-corrected chi connectivity index (χ2v) is 6.54. The van der Waals surface area contributed by atoms with Crippen molar-refractivity contribution in [2.24, 2.45) is 5.92 Å². The third-order valence-corrected chi connectivity index (χ3v) is 4.57. The number of aromatic amines is 1. The van der Waals surface area contributed by atoms with Crippen LogP contribution < -0.4 is 0 Å². The number of benzene rings is 1. The predicted octanol–water partition coefficient (Wildman–Crippen LogP) is 1.84. The molecule has 0 aliphatic carbocycles. The highest BCUT2D eigenvalue weighted by Gasteiger charge is 2.26. The summed E-state index contributed by atoms with van der Waals surface area (Å²) in [5.74, 6) is 1.10. The first-order chi connectivity index (χ1) is 12.0. The van der Waals surface area contributed by atoms with Gasteiger partial charge in [-0.05, 0) is 43.4 Å². The van der Waals surface area contributed by atoms with Gasteiger partial charge >= 0.3 is 5.97 Å². The van der Waals surface area contributed by atoms with Crippen LogP contribution in [0.15, 0.2) is 24.3 Å². The van der Waals surface area contributed by atoms with E-state index in [1.807, 2.05) is 24.0 Å². The molecule has 3 rings (SSSR count). The Bertz CT molecular complexity index is 754. The minimum atomic E-state index is -0.911. The van der Waals surface area contributed by atoms with Gasteiger partial charge in [-0.25, -0.2) is 9.78 Å². The van der Waals surface area contributed by atoms with E-state index >= 15 is 0 Å². The van der Waals surface area contributed by atoms with Gasteiger partial charge in [0.2, 0.25) is 5.91 Å². The summed E-state index contributed by atoms with van der Waals surface area (Å²) in [5.41, 5.74) is 1.41. The van der Waals surface area contributed by atoms with Crippen molar-refractivity contribution >= 4 is 11.9 Å². The first-order valence-corrected chi connectivity index (χ1v) is 8.49. The number of nitrogens with one attached hydrogen (secondary N) is 1. The van der Waals surface area contributed by atoms with E-state index < -0.39 is 5.97 Å². The number of hydrogen-bond acceptors (Lipinski definition) is 4. The highest BCUT2D eigenvalue weighted by atomic mass is 16.4. The van der Waals surface area contributed by atoms with Crippen molar-refractivity contribution in [1.82, 2.24) is 20.1 Å². The van der Waals surface area contributed by atoms with Crippen molar-refractivity contribution in [2.75, 3.05) is 13.1 Å². The molecule has 1 aromatic carbocycles. The Balaban J connectivity index is 1.47. The summed E-state index contributed by atoms with van der Waals surface area (Å²) in [6.07, 6.45) is 2.83. The Labute approximate surface area is 146 Å². The molecule has 1 amide bonds. The molecule has 0 saturated carbocycles. The van der Waals surface area contributed by atoms with Gasteiger partial charge in [0.25, 0.3) is 0 Å². The zero-order valence-electron chi connectivity index (χ0n) is 14.2. The first-order valence-electron chi connectivity index (χ1n) is 8.49. The lowest BCUT2D eigenvalue weighted by Crippen LogP contribution is -2.29. The molecule has 1 aliphatic heterocycles. The Morgan fingerprint density at radius 2 is 2.08 bits per heavy atom. The van der Waals surface area contributed by atoms with Crippen molar-refractivity contribution < 1.29 is 14.7 Å². The smallest absolute Gasteiger partial charge is 0.335 e. The van der Waals surface area contributed by atoms with Gasteiger partial charge < -0.3 is 10.0 Å². The molecule has 0 spiro atoms. The second kappa shape index (κ2) is 7.46. The van der Waals surface area contributed by atoms with Crippen LogP contribution in [0.5, 0.6) is 0 Å². The van der Waals surface area contributed by atoms with E-state index in [2.05, 4.69) is 15.2 Å². The highest BCUT2D eigenvalue weighted by molar-refractivity contribution is 5.87. The summed E-state index contributed by atoms with van der Waals surface area (Å²) in [7, 11) is 0. The molecule has 1 atom stereocenters. The molecule has 2 aromatic rings. The first kappa shape index (κ1) is 17.1. The molecule has 7 nitrogen and oxygen atoms in total. The Morgan fingerprint density at radius 3 is 2.72 bits per heavy atom. The van der Waals surface area contributed by atoms with E-state index in [1.165, 1.54) is 0 Å². The van der Waals surface area contributed by atoms with E-state index in [4.69, 9.17) is 5.11 Å². The van der Waals surface area contributed by atoms with E-state index in [9.17, 15) is 9.59 Å². The van der Waals surface area contributed by atoms with Crippen LogP contribution in [0.2, 0.25) is 0 Å². The normalized spacial score (nSPS) is 17.0. The molecule has 1 aliphatic rings. The van der Waals surface area contributed by atoms with Crippen LogP contribution in [-0.4, -0.2) is 50.2 Å². The second-order valence-electron chi connectivity index (χ2n) is 6.54. The maximum atomic E-state index is 12.3. The van der Waals surface area contributed by atoms with Crippen LogP contribution in [0.3, 0.4) is 0 Å². The number of nitrogens with zero attached hydrogens (tertiary/aromatic N) is 3. The molecule has 2 heterocycles. The van der Waals surface area contributed by atoms with Gasteiger partial charge in [0.15, 0.2) is 5.82 Å². The van der Waals surface area contributed by atoms with Crippen LogP contribution in [0.25, 0.3) is 0 Å². The molecule has 1 fully saturated rings. The number of carboxylic acid groups (broad SMARTS) is 1. The van der Waals surface area contributed by atoms with E-state index in [1.54, 1.807) is 12.1 Å². The van der Waals surface area contributed by atoms with Gasteiger partial charge in [-0.15, -0.1) is 0 Å². The number of rotatable bonds is 6. The quantitative estimate of drug-likeness (QED) is 0.834. The zero-order valence-corrected chi connectivity index (χ0v) is 14.2.